The van der Waals surface area contributed by atoms with Crippen molar-refractivity contribution in [1.29, 1.82) is 0 Å². The van der Waals surface area contributed by atoms with Crippen LogP contribution in [-0.4, -0.2) is 24.9 Å². The number of carbonyl (C=O) groups excluding carboxylic acids is 3. The van der Waals surface area contributed by atoms with Crippen molar-refractivity contribution in [2.24, 2.45) is 11.3 Å². The smallest absolute Gasteiger partial charge is 0.321 e. The standard InChI is InChI=1S/C9H13NO4/c1-5-4-6(11)10-7(12)9(5,2)8(13)14-3/h5H,4H2,1-3H3,(H,10,11,12)/t5-,9+/m0/s1. The van der Waals surface area contributed by atoms with Gasteiger partial charge in [0, 0.05) is 6.42 Å². The van der Waals surface area contributed by atoms with Crippen molar-refractivity contribution >= 4 is 17.8 Å². The van der Waals surface area contributed by atoms with Crippen LogP contribution in [0.1, 0.15) is 20.3 Å². The molecule has 1 rings (SSSR count). The molecular weight excluding hydrogens is 186 g/mol. The van der Waals surface area contributed by atoms with E-state index in [0.717, 1.165) is 0 Å². The first-order chi connectivity index (χ1) is 6.42. The molecule has 1 saturated heterocycles. The van der Waals surface area contributed by atoms with E-state index in [-0.39, 0.29) is 18.2 Å². The van der Waals surface area contributed by atoms with E-state index < -0.39 is 17.3 Å². The first-order valence-electron chi connectivity index (χ1n) is 4.35. The fourth-order valence-electron chi connectivity index (χ4n) is 1.52. The van der Waals surface area contributed by atoms with Crippen molar-refractivity contribution < 1.29 is 19.1 Å². The third kappa shape index (κ3) is 1.38. The summed E-state index contributed by atoms with van der Waals surface area (Å²) in [4.78, 5) is 33.9. The number of ether oxygens (including phenoxy) is 1. The number of nitrogens with one attached hydrogen (secondary N) is 1. The minimum absolute atomic E-state index is 0.164. The van der Waals surface area contributed by atoms with Crippen LogP contribution in [0.5, 0.6) is 0 Å². The van der Waals surface area contributed by atoms with Crippen molar-refractivity contribution in [3.05, 3.63) is 0 Å². The Labute approximate surface area is 81.8 Å². The molecule has 0 spiro atoms. The molecular formula is C9H13NO4. The fourth-order valence-corrected chi connectivity index (χ4v) is 1.52. The average Bonchev–Trinajstić information content (AvgIpc) is 2.12. The van der Waals surface area contributed by atoms with E-state index in [2.05, 4.69) is 10.1 Å². The van der Waals surface area contributed by atoms with Gasteiger partial charge in [0.2, 0.25) is 11.8 Å². The Hall–Kier alpha value is -1.39. The lowest BCUT2D eigenvalue weighted by atomic mass is 9.73. The summed E-state index contributed by atoms with van der Waals surface area (Å²) in [6.07, 6.45) is 0.164. The maximum Gasteiger partial charge on any atom is 0.321 e. The normalized spacial score (nSPS) is 32.4. The highest BCUT2D eigenvalue weighted by atomic mass is 16.5. The number of imide groups is 1. The number of rotatable bonds is 1. The third-order valence-corrected chi connectivity index (χ3v) is 2.81. The van der Waals surface area contributed by atoms with Crippen molar-refractivity contribution in [3.63, 3.8) is 0 Å². The predicted octanol–water partition coefficient (Wildman–Crippen LogP) is -0.152. The number of piperidine rings is 1. The van der Waals surface area contributed by atoms with Gasteiger partial charge in [-0.3, -0.25) is 19.7 Å². The van der Waals surface area contributed by atoms with E-state index in [9.17, 15) is 14.4 Å². The first kappa shape index (κ1) is 10.7. The van der Waals surface area contributed by atoms with Gasteiger partial charge in [-0.05, 0) is 12.8 Å². The summed E-state index contributed by atoms with van der Waals surface area (Å²) in [7, 11) is 1.23. The summed E-state index contributed by atoms with van der Waals surface area (Å²) in [6.45, 7) is 3.18. The third-order valence-electron chi connectivity index (χ3n) is 2.81. The van der Waals surface area contributed by atoms with E-state index in [1.54, 1.807) is 6.92 Å². The zero-order valence-electron chi connectivity index (χ0n) is 8.42. The Morgan fingerprint density at radius 3 is 2.57 bits per heavy atom. The second-order valence-electron chi connectivity index (χ2n) is 3.68. The number of methoxy groups -OCH3 is 1. The van der Waals surface area contributed by atoms with Gasteiger partial charge < -0.3 is 4.74 Å². The summed E-state index contributed by atoms with van der Waals surface area (Å²) in [5.74, 6) is -1.86. The summed E-state index contributed by atoms with van der Waals surface area (Å²) in [5, 5.41) is 2.14. The molecule has 2 amide bonds. The van der Waals surface area contributed by atoms with E-state index in [1.165, 1.54) is 14.0 Å². The van der Waals surface area contributed by atoms with Crippen LogP contribution in [-0.2, 0) is 19.1 Å². The maximum absolute atomic E-state index is 11.5. The molecule has 1 fully saturated rings. The number of amides is 2. The second-order valence-corrected chi connectivity index (χ2v) is 3.68. The van der Waals surface area contributed by atoms with Gasteiger partial charge >= 0.3 is 5.97 Å². The van der Waals surface area contributed by atoms with Gasteiger partial charge in [-0.2, -0.15) is 0 Å². The van der Waals surface area contributed by atoms with Gasteiger partial charge in [0.15, 0.2) is 0 Å². The lowest BCUT2D eigenvalue weighted by molar-refractivity contribution is -0.164. The van der Waals surface area contributed by atoms with E-state index in [1.807, 2.05) is 0 Å². The molecule has 5 nitrogen and oxygen atoms in total. The van der Waals surface area contributed by atoms with Gasteiger partial charge in [0.25, 0.3) is 0 Å². The van der Waals surface area contributed by atoms with Gasteiger partial charge in [0.05, 0.1) is 7.11 Å². The molecule has 78 valence electrons. The molecule has 1 N–H and O–H groups in total. The highest BCUT2D eigenvalue weighted by molar-refractivity contribution is 6.10. The van der Waals surface area contributed by atoms with Gasteiger partial charge in [-0.15, -0.1) is 0 Å². The van der Waals surface area contributed by atoms with Crippen LogP contribution >= 0.6 is 0 Å². The molecule has 0 saturated carbocycles. The molecule has 0 aromatic rings. The van der Waals surface area contributed by atoms with Crippen LogP contribution in [0.2, 0.25) is 0 Å². The molecule has 0 aromatic carbocycles. The molecule has 1 aliphatic heterocycles. The molecule has 0 bridgehead atoms. The number of esters is 1. The highest BCUT2D eigenvalue weighted by Gasteiger charge is 2.51. The summed E-state index contributed by atoms with van der Waals surface area (Å²) >= 11 is 0. The molecule has 0 aromatic heterocycles. The highest BCUT2D eigenvalue weighted by Crippen LogP contribution is 2.34. The van der Waals surface area contributed by atoms with E-state index >= 15 is 0 Å². The quantitative estimate of drug-likeness (QED) is 0.362. The number of hydrogen-bond donors (Lipinski definition) is 1. The van der Waals surface area contributed by atoms with Crippen LogP contribution in [0.4, 0.5) is 0 Å². The van der Waals surface area contributed by atoms with Crippen LogP contribution in [0.25, 0.3) is 0 Å². The van der Waals surface area contributed by atoms with Gasteiger partial charge in [-0.1, -0.05) is 6.92 Å². The lowest BCUT2D eigenvalue weighted by Gasteiger charge is -2.34. The zero-order chi connectivity index (χ0) is 10.9. The SMILES string of the molecule is COC(=O)[C@@]1(C)C(=O)NC(=O)C[C@@H]1C. The largest absolute Gasteiger partial charge is 0.468 e. The summed E-state index contributed by atoms with van der Waals surface area (Å²) in [5.41, 5.74) is -1.25. The molecule has 0 unspecified atom stereocenters. The predicted molar refractivity (Wildman–Crippen MR) is 47.1 cm³/mol. The minimum Gasteiger partial charge on any atom is -0.468 e. The molecule has 0 radical (unpaired) electrons. The Kier molecular flexibility index (Phi) is 2.59. The molecule has 1 aliphatic rings. The Bertz CT molecular complexity index is 299. The van der Waals surface area contributed by atoms with Crippen LogP contribution in [0, 0.1) is 11.3 Å². The minimum atomic E-state index is -1.25. The van der Waals surface area contributed by atoms with Crippen LogP contribution in [0.15, 0.2) is 0 Å². The monoisotopic (exact) mass is 199 g/mol. The number of carbonyl (C=O) groups is 3. The zero-order valence-corrected chi connectivity index (χ0v) is 8.42. The maximum atomic E-state index is 11.5. The summed E-state index contributed by atoms with van der Waals surface area (Å²) in [6, 6.07) is 0. The van der Waals surface area contributed by atoms with Crippen LogP contribution in [0.3, 0.4) is 0 Å². The second kappa shape index (κ2) is 3.40. The van der Waals surface area contributed by atoms with Crippen molar-refractivity contribution in [1.82, 2.24) is 5.32 Å². The van der Waals surface area contributed by atoms with Crippen molar-refractivity contribution in [2.75, 3.05) is 7.11 Å². The topological polar surface area (TPSA) is 72.5 Å². The van der Waals surface area contributed by atoms with Crippen molar-refractivity contribution in [2.45, 2.75) is 20.3 Å². The van der Waals surface area contributed by atoms with Gasteiger partial charge in [0.1, 0.15) is 5.41 Å². The first-order valence-corrected chi connectivity index (χ1v) is 4.35. The fraction of sp³-hybridized carbons (Fsp3) is 0.667. The van der Waals surface area contributed by atoms with E-state index in [0.29, 0.717) is 0 Å². The Balaban J connectivity index is 3.01. The lowest BCUT2D eigenvalue weighted by Crippen LogP contribution is -2.55. The van der Waals surface area contributed by atoms with Gasteiger partial charge in [-0.25, -0.2) is 0 Å². The molecule has 14 heavy (non-hydrogen) atoms. The van der Waals surface area contributed by atoms with Crippen molar-refractivity contribution in [3.8, 4) is 0 Å². The van der Waals surface area contributed by atoms with Crippen LogP contribution < -0.4 is 5.32 Å². The Morgan fingerprint density at radius 1 is 1.57 bits per heavy atom. The Morgan fingerprint density at radius 2 is 2.14 bits per heavy atom. The average molecular weight is 199 g/mol. The molecule has 5 heteroatoms. The molecule has 0 aliphatic carbocycles. The molecule has 2 atom stereocenters. The molecule has 1 heterocycles. The summed E-state index contributed by atoms with van der Waals surface area (Å²) < 4.78 is 4.56. The number of hydrogen-bond acceptors (Lipinski definition) is 4. The van der Waals surface area contributed by atoms with E-state index in [4.69, 9.17) is 0 Å².